The van der Waals surface area contributed by atoms with Gasteiger partial charge in [-0.3, -0.25) is 4.90 Å². The van der Waals surface area contributed by atoms with Gasteiger partial charge in [-0.2, -0.15) is 4.98 Å². The van der Waals surface area contributed by atoms with Crippen molar-refractivity contribution >= 4 is 11.3 Å². The van der Waals surface area contributed by atoms with Crippen molar-refractivity contribution in [3.63, 3.8) is 0 Å². The van der Waals surface area contributed by atoms with E-state index in [0.717, 1.165) is 30.3 Å². The van der Waals surface area contributed by atoms with Gasteiger partial charge >= 0.3 is 0 Å². The van der Waals surface area contributed by atoms with E-state index < -0.39 is 0 Å². The zero-order chi connectivity index (χ0) is 15.6. The van der Waals surface area contributed by atoms with Crippen LogP contribution in [0.5, 0.6) is 0 Å². The lowest BCUT2D eigenvalue weighted by atomic mass is 10.1. The second-order valence-electron chi connectivity index (χ2n) is 5.58. The van der Waals surface area contributed by atoms with E-state index in [0.29, 0.717) is 18.3 Å². The van der Waals surface area contributed by atoms with Gasteiger partial charge in [-0.05, 0) is 11.4 Å². The first kappa shape index (κ1) is 14.6. The molecule has 1 fully saturated rings. The Kier molecular flexibility index (Phi) is 3.94. The van der Waals surface area contributed by atoms with E-state index in [2.05, 4.69) is 29.9 Å². The van der Waals surface area contributed by atoms with Crippen molar-refractivity contribution in [2.75, 3.05) is 19.6 Å². The van der Waals surface area contributed by atoms with E-state index in [-0.39, 0.29) is 6.04 Å². The van der Waals surface area contributed by atoms with Crippen LogP contribution in [-0.4, -0.2) is 44.2 Å². The monoisotopic (exact) mass is 330 g/mol. The number of thiophene rings is 1. The molecule has 0 bridgehead atoms. The predicted octanol–water partition coefficient (Wildman–Crippen LogP) is 1.68. The first-order valence-corrected chi connectivity index (χ1v) is 8.47. The fourth-order valence-corrected chi connectivity index (χ4v) is 3.54. The van der Waals surface area contributed by atoms with E-state index in [1.807, 2.05) is 37.0 Å². The standard InChI is InChI=1S/C15H18N6OS/c1-20-6-5-17-15(20)11-9-16-4-7-21(11)10-13-18-14(19-22-13)12-3-2-8-23-12/h2-3,5-6,8,11,16H,4,7,9-10H2,1H3. The number of imidazole rings is 1. The van der Waals surface area contributed by atoms with Crippen LogP contribution >= 0.6 is 11.3 Å². The van der Waals surface area contributed by atoms with Crippen LogP contribution in [0.2, 0.25) is 0 Å². The molecule has 0 amide bonds. The summed E-state index contributed by atoms with van der Waals surface area (Å²) in [5.74, 6) is 2.36. The fourth-order valence-electron chi connectivity index (χ4n) is 2.89. The molecule has 0 radical (unpaired) electrons. The Labute approximate surface area is 138 Å². The average molecular weight is 330 g/mol. The second-order valence-corrected chi connectivity index (χ2v) is 6.52. The number of nitrogens with zero attached hydrogens (tertiary/aromatic N) is 5. The van der Waals surface area contributed by atoms with Crippen molar-refractivity contribution in [2.45, 2.75) is 12.6 Å². The maximum atomic E-state index is 5.44. The van der Waals surface area contributed by atoms with Crippen molar-refractivity contribution < 1.29 is 4.52 Å². The summed E-state index contributed by atoms with van der Waals surface area (Å²) in [4.78, 5) is 12.4. The largest absolute Gasteiger partial charge is 0.338 e. The highest BCUT2D eigenvalue weighted by molar-refractivity contribution is 7.13. The number of nitrogens with one attached hydrogen (secondary N) is 1. The molecule has 0 aromatic carbocycles. The van der Waals surface area contributed by atoms with Gasteiger partial charge in [-0.25, -0.2) is 4.98 Å². The molecule has 3 aromatic rings. The van der Waals surface area contributed by atoms with Crippen LogP contribution in [0.4, 0.5) is 0 Å². The van der Waals surface area contributed by atoms with E-state index in [9.17, 15) is 0 Å². The smallest absolute Gasteiger partial charge is 0.241 e. The number of aromatic nitrogens is 4. The van der Waals surface area contributed by atoms with Gasteiger partial charge in [0.2, 0.25) is 11.7 Å². The Morgan fingerprint density at radius 2 is 2.43 bits per heavy atom. The van der Waals surface area contributed by atoms with Crippen LogP contribution in [0.3, 0.4) is 0 Å². The van der Waals surface area contributed by atoms with Crippen molar-refractivity contribution in [2.24, 2.45) is 7.05 Å². The van der Waals surface area contributed by atoms with Crippen LogP contribution < -0.4 is 5.32 Å². The van der Waals surface area contributed by atoms with Gasteiger partial charge in [0, 0.05) is 39.1 Å². The topological polar surface area (TPSA) is 72.0 Å². The summed E-state index contributed by atoms with van der Waals surface area (Å²) >= 11 is 1.61. The number of hydrogen-bond acceptors (Lipinski definition) is 7. The molecule has 1 aliphatic rings. The number of rotatable bonds is 4. The zero-order valence-corrected chi connectivity index (χ0v) is 13.7. The van der Waals surface area contributed by atoms with Crippen molar-refractivity contribution in [3.05, 3.63) is 41.6 Å². The third-order valence-electron chi connectivity index (χ3n) is 4.06. The van der Waals surface area contributed by atoms with Crippen LogP contribution in [0.25, 0.3) is 10.7 Å². The van der Waals surface area contributed by atoms with Crippen molar-refractivity contribution in [1.29, 1.82) is 0 Å². The van der Waals surface area contributed by atoms with E-state index in [4.69, 9.17) is 4.52 Å². The van der Waals surface area contributed by atoms with Crippen LogP contribution in [0.15, 0.2) is 34.4 Å². The Hall–Kier alpha value is -2.03. The van der Waals surface area contributed by atoms with E-state index in [1.54, 1.807) is 11.3 Å². The molecule has 0 aliphatic carbocycles. The van der Waals surface area contributed by atoms with Gasteiger partial charge < -0.3 is 14.4 Å². The lowest BCUT2D eigenvalue weighted by Gasteiger charge is -2.34. The first-order valence-electron chi connectivity index (χ1n) is 7.60. The molecule has 1 N–H and O–H groups in total. The molecule has 4 heterocycles. The average Bonchev–Trinajstić information content (AvgIpc) is 3.29. The molecule has 3 aromatic heterocycles. The molecule has 4 rings (SSSR count). The molecule has 23 heavy (non-hydrogen) atoms. The summed E-state index contributed by atoms with van der Waals surface area (Å²) in [6.45, 7) is 3.38. The molecule has 8 heteroatoms. The van der Waals surface area contributed by atoms with Gasteiger partial charge in [0.25, 0.3) is 0 Å². The summed E-state index contributed by atoms with van der Waals surface area (Å²) in [7, 11) is 2.02. The summed E-state index contributed by atoms with van der Waals surface area (Å²) in [6, 6.07) is 4.20. The zero-order valence-electron chi connectivity index (χ0n) is 12.8. The predicted molar refractivity (Wildman–Crippen MR) is 86.8 cm³/mol. The molecule has 1 unspecified atom stereocenters. The van der Waals surface area contributed by atoms with E-state index in [1.165, 1.54) is 0 Å². The lowest BCUT2D eigenvalue weighted by Crippen LogP contribution is -2.46. The van der Waals surface area contributed by atoms with E-state index >= 15 is 0 Å². The summed E-state index contributed by atoms with van der Waals surface area (Å²) in [5, 5.41) is 9.54. The lowest BCUT2D eigenvalue weighted by molar-refractivity contribution is 0.128. The van der Waals surface area contributed by atoms with Crippen LogP contribution in [0, 0.1) is 0 Å². The quantitative estimate of drug-likeness (QED) is 0.785. The minimum Gasteiger partial charge on any atom is -0.338 e. The third kappa shape index (κ3) is 2.92. The molecule has 7 nitrogen and oxygen atoms in total. The number of aryl methyl sites for hydroxylation is 1. The van der Waals surface area contributed by atoms with Gasteiger partial charge in [-0.1, -0.05) is 11.2 Å². The molecule has 0 spiro atoms. The highest BCUT2D eigenvalue weighted by Crippen LogP contribution is 2.24. The Morgan fingerprint density at radius 3 is 3.22 bits per heavy atom. The van der Waals surface area contributed by atoms with Gasteiger partial charge in [0.1, 0.15) is 5.82 Å². The molecular formula is C15H18N6OS. The Morgan fingerprint density at radius 1 is 1.48 bits per heavy atom. The highest BCUT2D eigenvalue weighted by atomic mass is 32.1. The summed E-state index contributed by atoms with van der Waals surface area (Å²) in [6.07, 6.45) is 3.81. The molecule has 0 saturated carbocycles. The molecular weight excluding hydrogens is 312 g/mol. The summed E-state index contributed by atoms with van der Waals surface area (Å²) in [5.41, 5.74) is 0. The number of piperazine rings is 1. The minimum atomic E-state index is 0.209. The highest BCUT2D eigenvalue weighted by Gasteiger charge is 2.28. The van der Waals surface area contributed by atoms with Crippen LogP contribution in [-0.2, 0) is 13.6 Å². The fraction of sp³-hybridized carbons (Fsp3) is 0.400. The summed E-state index contributed by atoms with van der Waals surface area (Å²) < 4.78 is 7.51. The Bertz CT molecular complexity index is 765. The third-order valence-corrected chi connectivity index (χ3v) is 4.92. The van der Waals surface area contributed by atoms with Crippen LogP contribution in [0.1, 0.15) is 17.8 Å². The number of hydrogen-bond donors (Lipinski definition) is 1. The van der Waals surface area contributed by atoms with Gasteiger partial charge in [0.15, 0.2) is 0 Å². The van der Waals surface area contributed by atoms with Gasteiger partial charge in [0.05, 0.1) is 17.5 Å². The Balaban J connectivity index is 1.53. The first-order chi connectivity index (χ1) is 11.3. The van der Waals surface area contributed by atoms with Crippen molar-refractivity contribution in [1.82, 2.24) is 29.9 Å². The molecule has 1 aliphatic heterocycles. The molecule has 1 saturated heterocycles. The second kappa shape index (κ2) is 6.23. The van der Waals surface area contributed by atoms with Crippen molar-refractivity contribution in [3.8, 4) is 10.7 Å². The van der Waals surface area contributed by atoms with Gasteiger partial charge in [-0.15, -0.1) is 11.3 Å². The normalized spacial score (nSPS) is 19.3. The maximum Gasteiger partial charge on any atom is 0.241 e. The molecule has 1 atom stereocenters. The maximum absolute atomic E-state index is 5.44. The minimum absolute atomic E-state index is 0.209. The SMILES string of the molecule is Cn1ccnc1C1CNCCN1Cc1nc(-c2cccs2)no1. The molecule has 120 valence electrons.